The van der Waals surface area contributed by atoms with Crippen molar-refractivity contribution in [3.8, 4) is 0 Å². The Balaban J connectivity index is 2.83. The van der Waals surface area contributed by atoms with Gasteiger partial charge in [-0.3, -0.25) is 0 Å². The van der Waals surface area contributed by atoms with Crippen molar-refractivity contribution in [1.29, 1.82) is 0 Å². The second-order valence-corrected chi connectivity index (χ2v) is 4.95. The van der Waals surface area contributed by atoms with Gasteiger partial charge in [0.1, 0.15) is 5.52 Å². The van der Waals surface area contributed by atoms with Gasteiger partial charge < -0.3 is 4.57 Å². The van der Waals surface area contributed by atoms with Gasteiger partial charge in [-0.1, -0.05) is 6.07 Å². The van der Waals surface area contributed by atoms with Crippen molar-refractivity contribution in [2.45, 2.75) is 19.9 Å². The number of fused-ring (bicyclic) bond motifs is 1. The number of rotatable bonds is 1. The molecule has 0 aliphatic heterocycles. The molecule has 0 amide bonds. The number of imidazole rings is 1. The normalized spacial score (nSPS) is 11.5. The maximum Gasteiger partial charge on any atom is 0.204 e. The van der Waals surface area contributed by atoms with Crippen LogP contribution in [0.25, 0.3) is 11.0 Å². The van der Waals surface area contributed by atoms with Crippen LogP contribution >= 0.6 is 34.2 Å². The fourth-order valence-electron chi connectivity index (χ4n) is 1.55. The minimum absolute atomic E-state index is 0.339. The smallest absolute Gasteiger partial charge is 0.204 e. The first-order valence-electron chi connectivity index (χ1n) is 4.43. The van der Waals surface area contributed by atoms with Gasteiger partial charge in [0.15, 0.2) is 0 Å². The Labute approximate surface area is 101 Å². The molecule has 0 spiro atoms. The highest BCUT2D eigenvalue weighted by molar-refractivity contribution is 14.1. The van der Waals surface area contributed by atoms with Gasteiger partial charge in [0, 0.05) is 9.61 Å². The third kappa shape index (κ3) is 1.52. The summed E-state index contributed by atoms with van der Waals surface area (Å²) in [6.45, 7) is 4.21. The first-order valence-corrected chi connectivity index (χ1v) is 5.89. The molecular formula is C10H10ClIN2. The molecule has 1 aromatic heterocycles. The molecule has 4 heteroatoms. The lowest BCUT2D eigenvalue weighted by atomic mass is 10.3. The molecule has 1 aromatic carbocycles. The first-order chi connectivity index (χ1) is 6.61. The molecule has 1 heterocycles. The zero-order valence-corrected chi connectivity index (χ0v) is 10.9. The van der Waals surface area contributed by atoms with Crippen molar-refractivity contribution in [3.63, 3.8) is 0 Å². The second kappa shape index (κ2) is 3.70. The number of benzene rings is 1. The van der Waals surface area contributed by atoms with Crippen molar-refractivity contribution < 1.29 is 0 Å². The quantitative estimate of drug-likeness (QED) is 0.729. The topological polar surface area (TPSA) is 17.8 Å². The Morgan fingerprint density at radius 3 is 2.79 bits per heavy atom. The highest BCUT2D eigenvalue weighted by Crippen LogP contribution is 2.26. The fourth-order valence-corrected chi connectivity index (χ4v) is 2.52. The molecule has 0 aliphatic rings. The summed E-state index contributed by atoms with van der Waals surface area (Å²) in [6, 6.07) is 6.46. The molecule has 0 bridgehead atoms. The Bertz CT molecular complexity index is 476. The van der Waals surface area contributed by atoms with Gasteiger partial charge >= 0.3 is 0 Å². The lowest BCUT2D eigenvalue weighted by Gasteiger charge is -2.09. The lowest BCUT2D eigenvalue weighted by Crippen LogP contribution is -1.99. The van der Waals surface area contributed by atoms with E-state index in [1.807, 2.05) is 16.7 Å². The van der Waals surface area contributed by atoms with Gasteiger partial charge in [0.05, 0.1) is 5.52 Å². The van der Waals surface area contributed by atoms with E-state index >= 15 is 0 Å². The van der Waals surface area contributed by atoms with E-state index in [0.29, 0.717) is 11.3 Å². The molecule has 2 rings (SSSR count). The van der Waals surface area contributed by atoms with E-state index in [0.717, 1.165) is 14.6 Å². The Morgan fingerprint density at radius 2 is 2.14 bits per heavy atom. The second-order valence-electron chi connectivity index (χ2n) is 3.45. The SMILES string of the molecule is CC(C)n1c(Cl)nc2c(I)cccc21. The average Bonchev–Trinajstić information content (AvgIpc) is 2.42. The third-order valence-electron chi connectivity index (χ3n) is 2.14. The van der Waals surface area contributed by atoms with Crippen LogP contribution in [0.5, 0.6) is 0 Å². The fraction of sp³-hybridized carbons (Fsp3) is 0.300. The lowest BCUT2D eigenvalue weighted by molar-refractivity contribution is 0.618. The van der Waals surface area contributed by atoms with Crippen LogP contribution < -0.4 is 0 Å². The van der Waals surface area contributed by atoms with Crippen molar-refractivity contribution >= 4 is 45.2 Å². The van der Waals surface area contributed by atoms with Gasteiger partial charge in [-0.2, -0.15) is 0 Å². The predicted molar refractivity (Wildman–Crippen MR) is 67.8 cm³/mol. The number of para-hydroxylation sites is 1. The van der Waals surface area contributed by atoms with Crippen LogP contribution in [0.1, 0.15) is 19.9 Å². The van der Waals surface area contributed by atoms with E-state index < -0.39 is 0 Å². The third-order valence-corrected chi connectivity index (χ3v) is 3.28. The number of hydrogen-bond acceptors (Lipinski definition) is 1. The maximum atomic E-state index is 6.08. The van der Waals surface area contributed by atoms with E-state index in [4.69, 9.17) is 11.6 Å². The van der Waals surface area contributed by atoms with Crippen LogP contribution in [0.15, 0.2) is 18.2 Å². The Kier molecular flexibility index (Phi) is 2.70. The molecule has 2 aromatic rings. The van der Waals surface area contributed by atoms with Crippen LogP contribution in [0.4, 0.5) is 0 Å². The number of aromatic nitrogens is 2. The Morgan fingerprint density at radius 1 is 1.43 bits per heavy atom. The zero-order valence-electron chi connectivity index (χ0n) is 7.96. The maximum absolute atomic E-state index is 6.08. The van der Waals surface area contributed by atoms with Crippen molar-refractivity contribution in [2.24, 2.45) is 0 Å². The van der Waals surface area contributed by atoms with E-state index in [9.17, 15) is 0 Å². The van der Waals surface area contributed by atoms with Crippen molar-refractivity contribution in [2.75, 3.05) is 0 Å². The Hall–Kier alpha value is -0.290. The number of hydrogen-bond donors (Lipinski definition) is 0. The summed E-state index contributed by atoms with van der Waals surface area (Å²) >= 11 is 8.36. The molecule has 14 heavy (non-hydrogen) atoms. The first kappa shape index (κ1) is 10.2. The van der Waals surface area contributed by atoms with Gasteiger partial charge in [0.25, 0.3) is 0 Å². The highest BCUT2D eigenvalue weighted by Gasteiger charge is 2.12. The van der Waals surface area contributed by atoms with Crippen LogP contribution in [0, 0.1) is 3.57 Å². The van der Waals surface area contributed by atoms with Gasteiger partial charge in [-0.05, 0) is 60.2 Å². The molecule has 0 N–H and O–H groups in total. The summed E-state index contributed by atoms with van der Waals surface area (Å²) in [5, 5.41) is 0.569. The van der Waals surface area contributed by atoms with Gasteiger partial charge in [-0.25, -0.2) is 4.98 Å². The minimum Gasteiger partial charge on any atom is -0.312 e. The standard InChI is InChI=1S/C10H10ClIN2/c1-6(2)14-8-5-3-4-7(12)9(8)13-10(14)11/h3-6H,1-2H3. The predicted octanol–water partition coefficient (Wildman–Crippen LogP) is 3.88. The summed E-state index contributed by atoms with van der Waals surface area (Å²) in [5.74, 6) is 0. The molecule has 0 saturated carbocycles. The highest BCUT2D eigenvalue weighted by atomic mass is 127. The molecule has 0 aliphatic carbocycles. The molecule has 74 valence electrons. The average molecular weight is 321 g/mol. The van der Waals surface area contributed by atoms with Crippen LogP contribution in [0.2, 0.25) is 5.28 Å². The van der Waals surface area contributed by atoms with Crippen LogP contribution in [-0.4, -0.2) is 9.55 Å². The summed E-state index contributed by atoms with van der Waals surface area (Å²) in [7, 11) is 0. The van der Waals surface area contributed by atoms with Crippen LogP contribution in [0.3, 0.4) is 0 Å². The molecule has 2 nitrogen and oxygen atoms in total. The molecule has 0 saturated heterocycles. The minimum atomic E-state index is 0.339. The molecule has 0 fully saturated rings. The molecular weight excluding hydrogens is 310 g/mol. The van der Waals surface area contributed by atoms with Gasteiger partial charge in [0.2, 0.25) is 5.28 Å². The zero-order chi connectivity index (χ0) is 10.3. The van der Waals surface area contributed by atoms with Gasteiger partial charge in [-0.15, -0.1) is 0 Å². The summed E-state index contributed by atoms with van der Waals surface area (Å²) in [6.07, 6.45) is 0. The number of nitrogens with zero attached hydrogens (tertiary/aromatic N) is 2. The van der Waals surface area contributed by atoms with E-state index in [1.54, 1.807) is 0 Å². The van der Waals surface area contributed by atoms with E-state index in [2.05, 4.69) is 47.5 Å². The molecule has 0 atom stereocenters. The van der Waals surface area contributed by atoms with Crippen molar-refractivity contribution in [1.82, 2.24) is 9.55 Å². The molecule has 0 radical (unpaired) electrons. The summed E-state index contributed by atoms with van der Waals surface area (Å²) in [5.41, 5.74) is 2.10. The largest absolute Gasteiger partial charge is 0.312 e. The van der Waals surface area contributed by atoms with E-state index in [1.165, 1.54) is 0 Å². The van der Waals surface area contributed by atoms with E-state index in [-0.39, 0.29) is 0 Å². The van der Waals surface area contributed by atoms with Crippen LogP contribution in [-0.2, 0) is 0 Å². The number of halogens is 2. The summed E-state index contributed by atoms with van der Waals surface area (Å²) in [4.78, 5) is 4.35. The monoisotopic (exact) mass is 320 g/mol. The summed E-state index contributed by atoms with van der Waals surface area (Å²) < 4.78 is 3.18. The van der Waals surface area contributed by atoms with Crippen molar-refractivity contribution in [3.05, 3.63) is 27.1 Å². The molecule has 0 unspecified atom stereocenters.